The fraction of sp³-hybridized carbons (Fsp3) is 0.364. The van der Waals surface area contributed by atoms with Gasteiger partial charge in [0.2, 0.25) is 0 Å². The number of rotatable bonds is 9. The molecule has 4 aromatic carbocycles. The topological polar surface area (TPSA) is 54.6 Å². The minimum atomic E-state index is 0. The summed E-state index contributed by atoms with van der Waals surface area (Å²) in [4.78, 5) is 16.6. The van der Waals surface area contributed by atoms with E-state index in [2.05, 4.69) is 77.2 Å². The van der Waals surface area contributed by atoms with E-state index in [-0.39, 0.29) is 43.5 Å². The predicted molar refractivity (Wildman–Crippen MR) is 202 cm³/mol. The number of aromatic nitrogens is 2. The molecule has 1 aliphatic rings. The van der Waals surface area contributed by atoms with Gasteiger partial charge < -0.3 is 9.51 Å². The number of hydrogen-bond donors (Lipinski definition) is 1. The average molecular weight is 828 g/mol. The second-order valence-corrected chi connectivity index (χ2v) is 13.8. The Morgan fingerprint density at radius 1 is 0.878 bits per heavy atom. The molecular weight excluding hydrogens is 781 g/mol. The molecule has 3 aromatic heterocycles. The zero-order valence-corrected chi connectivity index (χ0v) is 31.6. The molecule has 1 radical (unpaired) electrons. The van der Waals surface area contributed by atoms with Crippen LogP contribution in [0.3, 0.4) is 0 Å². The van der Waals surface area contributed by atoms with Crippen molar-refractivity contribution in [1.29, 1.82) is 0 Å². The molecule has 5 heteroatoms. The van der Waals surface area contributed by atoms with Crippen LogP contribution in [0.5, 0.6) is 0 Å². The van der Waals surface area contributed by atoms with Crippen molar-refractivity contribution >= 4 is 65.6 Å². The van der Waals surface area contributed by atoms with E-state index >= 15 is 0 Å². The summed E-state index contributed by atoms with van der Waals surface area (Å²) < 4.78 is 2.50. The average Bonchev–Trinajstić information content (AvgIpc) is 3.75. The summed E-state index contributed by atoms with van der Waals surface area (Å²) in [6.45, 7) is 8.07. The number of pyridine rings is 2. The summed E-state index contributed by atoms with van der Waals surface area (Å²) in [5, 5.41) is 18.6. The number of fused-ring (bicyclic) bond motifs is 7. The molecular formula is C44H47IrN2O2-. The number of para-hydroxylation sites is 1. The van der Waals surface area contributed by atoms with Crippen LogP contribution in [0.2, 0.25) is 0 Å². The number of aliphatic hydroxyl groups excluding tert-OH is 1. The molecule has 0 amide bonds. The largest absolute Gasteiger partial charge is 0.512 e. The van der Waals surface area contributed by atoms with E-state index in [1.165, 1.54) is 87.2 Å². The van der Waals surface area contributed by atoms with E-state index in [4.69, 9.17) is 4.98 Å². The van der Waals surface area contributed by atoms with Crippen molar-refractivity contribution in [3.8, 4) is 0 Å². The van der Waals surface area contributed by atoms with Gasteiger partial charge in [0.1, 0.15) is 0 Å². The Morgan fingerprint density at radius 3 is 2.31 bits per heavy atom. The number of nitrogens with zero attached hydrogens (tertiary/aromatic N) is 2. The van der Waals surface area contributed by atoms with Gasteiger partial charge in [-0.2, -0.15) is 0 Å². The van der Waals surface area contributed by atoms with Crippen LogP contribution in [0.4, 0.5) is 0 Å². The van der Waals surface area contributed by atoms with Gasteiger partial charge in [0.05, 0.1) is 5.76 Å². The molecule has 1 fully saturated rings. The molecule has 255 valence electrons. The van der Waals surface area contributed by atoms with E-state index in [1.807, 2.05) is 33.9 Å². The predicted octanol–water partition coefficient (Wildman–Crippen LogP) is 11.9. The van der Waals surface area contributed by atoms with Gasteiger partial charge in [-0.15, -0.1) is 17.5 Å². The third kappa shape index (κ3) is 6.37. The quantitative estimate of drug-likeness (QED) is 0.0518. The number of hydrogen-bond acceptors (Lipinski definition) is 3. The molecule has 1 N–H and O–H groups in total. The third-order valence-electron chi connectivity index (χ3n) is 11.1. The standard InChI is InChI=1S/C31H23N2.C13H24O2.Ir/c1-2-8-19(7-1)15-23-16-22-13-14-32-30-25-17-20-9-3-4-10-21(20)18-27(25)33-26-12-6-5-11-24(26)28(23)31(33)29(22)30;1-5-10(6-2)12(14)9-13(15)11(7-3)8-4;/h3-6,9-14,16,18-19H,1-2,7-8,15H2;9-11,14H,5-8H2,1-4H3;/q-1;;/b;12-9-;. The van der Waals surface area contributed by atoms with Crippen molar-refractivity contribution in [2.45, 2.75) is 85.5 Å². The van der Waals surface area contributed by atoms with Gasteiger partial charge in [-0.1, -0.05) is 113 Å². The first-order chi connectivity index (χ1) is 23.5. The summed E-state index contributed by atoms with van der Waals surface area (Å²) in [6, 6.07) is 28.2. The smallest absolute Gasteiger partial charge is 0.162 e. The Labute approximate surface area is 303 Å². The number of ketones is 1. The number of carbonyl (C=O) groups is 1. The summed E-state index contributed by atoms with van der Waals surface area (Å²) in [5.74, 6) is 1.35. The minimum Gasteiger partial charge on any atom is -0.512 e. The fourth-order valence-corrected chi connectivity index (χ4v) is 8.32. The molecule has 1 aliphatic carbocycles. The van der Waals surface area contributed by atoms with E-state index in [9.17, 15) is 9.90 Å². The van der Waals surface area contributed by atoms with Gasteiger partial charge in [-0.3, -0.25) is 9.78 Å². The van der Waals surface area contributed by atoms with Gasteiger partial charge in [0, 0.05) is 71.5 Å². The van der Waals surface area contributed by atoms with Crippen molar-refractivity contribution in [2.24, 2.45) is 17.8 Å². The Kier molecular flexibility index (Phi) is 10.7. The van der Waals surface area contributed by atoms with Crippen molar-refractivity contribution in [3.63, 3.8) is 0 Å². The number of benzene rings is 4. The van der Waals surface area contributed by atoms with Crippen molar-refractivity contribution < 1.29 is 30.0 Å². The van der Waals surface area contributed by atoms with Gasteiger partial charge in [0.25, 0.3) is 0 Å². The Balaban J connectivity index is 0.000000225. The zero-order valence-electron chi connectivity index (χ0n) is 29.2. The van der Waals surface area contributed by atoms with E-state index in [0.717, 1.165) is 47.9 Å². The van der Waals surface area contributed by atoms with E-state index in [1.54, 1.807) is 0 Å². The normalized spacial score (nSPS) is 14.2. The summed E-state index contributed by atoms with van der Waals surface area (Å²) in [6.07, 6.45) is 13.6. The summed E-state index contributed by atoms with van der Waals surface area (Å²) >= 11 is 0. The molecule has 0 saturated heterocycles. The van der Waals surface area contributed by atoms with Crippen molar-refractivity contribution in [1.82, 2.24) is 9.38 Å². The van der Waals surface area contributed by atoms with Gasteiger partial charge >= 0.3 is 0 Å². The summed E-state index contributed by atoms with van der Waals surface area (Å²) in [7, 11) is 0. The molecule has 0 bridgehead atoms. The molecule has 4 nitrogen and oxygen atoms in total. The molecule has 0 aliphatic heterocycles. The first kappa shape index (κ1) is 35.0. The van der Waals surface area contributed by atoms with Gasteiger partial charge in [-0.25, -0.2) is 0 Å². The Hall–Kier alpha value is -3.79. The second kappa shape index (κ2) is 15.0. The molecule has 0 atom stereocenters. The monoisotopic (exact) mass is 828 g/mol. The summed E-state index contributed by atoms with van der Waals surface area (Å²) in [5.41, 5.74) is 6.39. The first-order valence-electron chi connectivity index (χ1n) is 18.2. The van der Waals surface area contributed by atoms with Gasteiger partial charge in [0.15, 0.2) is 5.78 Å². The van der Waals surface area contributed by atoms with Crippen LogP contribution in [0.1, 0.15) is 84.6 Å². The second-order valence-electron chi connectivity index (χ2n) is 13.8. The number of allylic oxidation sites excluding steroid dienone is 2. The van der Waals surface area contributed by atoms with Crippen LogP contribution in [0, 0.1) is 23.8 Å². The van der Waals surface area contributed by atoms with Crippen LogP contribution >= 0.6 is 0 Å². The SMILES string of the molecule is CCC(CC)C(=O)/C=C(\O)C(CC)CC.[Ir].[c-]1c2ccccc2cc2c1c1nccc3cc(CC4CCCC4)c4c5ccccc5n2c4c31. The van der Waals surface area contributed by atoms with Crippen LogP contribution in [-0.2, 0) is 31.3 Å². The number of aliphatic hydroxyl groups is 1. The molecule has 3 heterocycles. The maximum absolute atomic E-state index is 11.7. The molecule has 1 saturated carbocycles. The fourth-order valence-electron chi connectivity index (χ4n) is 8.32. The van der Waals surface area contributed by atoms with Crippen LogP contribution < -0.4 is 0 Å². The van der Waals surface area contributed by atoms with E-state index < -0.39 is 0 Å². The van der Waals surface area contributed by atoms with Crippen molar-refractivity contribution in [3.05, 3.63) is 96.4 Å². The Bertz CT molecular complexity index is 2270. The maximum atomic E-state index is 11.7. The molecule has 49 heavy (non-hydrogen) atoms. The van der Waals surface area contributed by atoms with E-state index in [0.29, 0.717) is 0 Å². The van der Waals surface area contributed by atoms with Crippen molar-refractivity contribution in [2.75, 3.05) is 0 Å². The molecule has 0 unspecified atom stereocenters. The van der Waals surface area contributed by atoms with Crippen LogP contribution in [0.15, 0.2) is 84.8 Å². The molecule has 0 spiro atoms. The maximum Gasteiger partial charge on any atom is 0.162 e. The zero-order chi connectivity index (χ0) is 33.4. The minimum absolute atomic E-state index is 0. The molecule has 7 aromatic rings. The van der Waals surface area contributed by atoms with Crippen LogP contribution in [-0.4, -0.2) is 20.3 Å². The Morgan fingerprint density at radius 2 is 1.57 bits per heavy atom. The molecule has 8 rings (SSSR count). The van der Waals surface area contributed by atoms with Crippen LogP contribution in [0.25, 0.3) is 59.8 Å². The van der Waals surface area contributed by atoms with Gasteiger partial charge in [-0.05, 0) is 72.0 Å². The number of carbonyl (C=O) groups excluding carboxylic acids is 1. The third-order valence-corrected chi connectivity index (χ3v) is 11.1. The first-order valence-corrected chi connectivity index (χ1v) is 18.2.